The van der Waals surface area contributed by atoms with Crippen LogP contribution in [0.3, 0.4) is 0 Å². The Balaban J connectivity index is 2.05. The smallest absolute Gasteiger partial charge is 0.123 e. The summed E-state index contributed by atoms with van der Waals surface area (Å²) in [6, 6.07) is 6.31. The van der Waals surface area contributed by atoms with Gasteiger partial charge in [0.15, 0.2) is 0 Å². The maximum atomic E-state index is 6.00. The first kappa shape index (κ1) is 16.3. The van der Waals surface area contributed by atoms with Gasteiger partial charge in [-0.1, -0.05) is 6.07 Å². The first-order valence-corrected chi connectivity index (χ1v) is 7.91. The van der Waals surface area contributed by atoms with E-state index in [2.05, 4.69) is 24.1 Å². The number of benzene rings is 1. The predicted molar refractivity (Wildman–Crippen MR) is 85.5 cm³/mol. The molecule has 1 aliphatic rings. The first-order valence-electron chi connectivity index (χ1n) is 7.91. The molecule has 1 saturated heterocycles. The molecule has 1 aromatic carbocycles. The number of hydrogen-bond acceptors (Lipinski definition) is 4. The summed E-state index contributed by atoms with van der Waals surface area (Å²) in [6.45, 7) is 7.43. The highest BCUT2D eigenvalue weighted by molar-refractivity contribution is 5.38. The molecule has 1 fully saturated rings. The van der Waals surface area contributed by atoms with Crippen LogP contribution in [0.15, 0.2) is 18.2 Å². The second kappa shape index (κ2) is 7.78. The summed E-state index contributed by atoms with van der Waals surface area (Å²) in [5, 5.41) is 0. The van der Waals surface area contributed by atoms with E-state index in [-0.39, 0.29) is 6.04 Å². The Morgan fingerprint density at radius 2 is 2.29 bits per heavy atom. The van der Waals surface area contributed by atoms with E-state index in [1.165, 1.54) is 18.4 Å². The van der Waals surface area contributed by atoms with Gasteiger partial charge in [0.1, 0.15) is 5.75 Å². The number of nitrogens with two attached hydrogens (primary N) is 1. The second-order valence-corrected chi connectivity index (χ2v) is 5.92. The standard InChI is InChI=1S/C17H28N2O2/c1-4-20-17-8-7-14(13(2)18)10-15(17)11-19(3)12-16-6-5-9-21-16/h7-8,10,13,16H,4-6,9,11-12,18H2,1-3H3. The van der Waals surface area contributed by atoms with Crippen molar-refractivity contribution in [2.24, 2.45) is 5.73 Å². The van der Waals surface area contributed by atoms with E-state index >= 15 is 0 Å². The van der Waals surface area contributed by atoms with Gasteiger partial charge in [0.05, 0.1) is 12.7 Å². The van der Waals surface area contributed by atoms with Gasteiger partial charge < -0.3 is 15.2 Å². The quantitative estimate of drug-likeness (QED) is 0.839. The third kappa shape index (κ3) is 4.70. The lowest BCUT2D eigenvalue weighted by Gasteiger charge is -2.22. The van der Waals surface area contributed by atoms with Gasteiger partial charge in [-0.25, -0.2) is 0 Å². The molecule has 4 nitrogen and oxygen atoms in total. The SMILES string of the molecule is CCOc1ccc(C(C)N)cc1CN(C)CC1CCCO1. The lowest BCUT2D eigenvalue weighted by molar-refractivity contribution is 0.0790. The van der Waals surface area contributed by atoms with Crippen molar-refractivity contribution in [3.05, 3.63) is 29.3 Å². The molecule has 0 bridgehead atoms. The average Bonchev–Trinajstić information content (AvgIpc) is 2.93. The molecule has 1 aliphatic heterocycles. The Labute approximate surface area is 128 Å². The highest BCUT2D eigenvalue weighted by Crippen LogP contribution is 2.24. The predicted octanol–water partition coefficient (Wildman–Crippen LogP) is 2.72. The van der Waals surface area contributed by atoms with Crippen LogP contribution in [0.1, 0.15) is 43.9 Å². The third-order valence-electron chi connectivity index (χ3n) is 3.89. The molecule has 2 rings (SSSR count). The van der Waals surface area contributed by atoms with Crippen molar-refractivity contribution in [1.82, 2.24) is 4.90 Å². The van der Waals surface area contributed by atoms with Crippen molar-refractivity contribution in [1.29, 1.82) is 0 Å². The van der Waals surface area contributed by atoms with Gasteiger partial charge in [-0.2, -0.15) is 0 Å². The lowest BCUT2D eigenvalue weighted by Crippen LogP contribution is -2.28. The van der Waals surface area contributed by atoms with Crippen molar-refractivity contribution in [3.8, 4) is 5.75 Å². The van der Waals surface area contributed by atoms with Crippen molar-refractivity contribution >= 4 is 0 Å². The third-order valence-corrected chi connectivity index (χ3v) is 3.89. The number of likely N-dealkylation sites (N-methyl/N-ethyl adjacent to an activating group) is 1. The Bertz CT molecular complexity index is 442. The van der Waals surface area contributed by atoms with Crippen LogP contribution in [0.2, 0.25) is 0 Å². The van der Waals surface area contributed by atoms with Crippen LogP contribution in [-0.2, 0) is 11.3 Å². The highest BCUT2D eigenvalue weighted by Gasteiger charge is 2.18. The van der Waals surface area contributed by atoms with Crippen molar-refractivity contribution in [3.63, 3.8) is 0 Å². The number of nitrogens with zero attached hydrogens (tertiary/aromatic N) is 1. The molecular weight excluding hydrogens is 264 g/mol. The molecule has 1 heterocycles. The Hall–Kier alpha value is -1.10. The zero-order valence-electron chi connectivity index (χ0n) is 13.5. The van der Waals surface area contributed by atoms with Crippen molar-refractivity contribution < 1.29 is 9.47 Å². The van der Waals surface area contributed by atoms with E-state index in [0.717, 1.165) is 31.0 Å². The maximum absolute atomic E-state index is 6.00. The normalized spacial score (nSPS) is 20.0. The van der Waals surface area contributed by atoms with Crippen LogP contribution in [0.4, 0.5) is 0 Å². The van der Waals surface area contributed by atoms with Gasteiger partial charge in [0, 0.05) is 31.3 Å². The van der Waals surface area contributed by atoms with Gasteiger partial charge in [-0.15, -0.1) is 0 Å². The zero-order chi connectivity index (χ0) is 15.2. The minimum atomic E-state index is 0.0444. The summed E-state index contributed by atoms with van der Waals surface area (Å²) in [7, 11) is 2.13. The number of ether oxygens (including phenoxy) is 2. The minimum Gasteiger partial charge on any atom is -0.494 e. The Morgan fingerprint density at radius 1 is 1.48 bits per heavy atom. The summed E-state index contributed by atoms with van der Waals surface area (Å²) in [5.41, 5.74) is 8.35. The summed E-state index contributed by atoms with van der Waals surface area (Å²) in [4.78, 5) is 2.30. The van der Waals surface area contributed by atoms with Gasteiger partial charge in [-0.05, 0) is 51.4 Å². The molecule has 0 saturated carbocycles. The van der Waals surface area contributed by atoms with Crippen molar-refractivity contribution in [2.75, 3.05) is 26.8 Å². The van der Waals surface area contributed by atoms with E-state index in [1.54, 1.807) is 0 Å². The molecule has 0 amide bonds. The molecule has 0 aromatic heterocycles. The van der Waals surface area contributed by atoms with Gasteiger partial charge >= 0.3 is 0 Å². The molecule has 21 heavy (non-hydrogen) atoms. The minimum absolute atomic E-state index is 0.0444. The summed E-state index contributed by atoms with van der Waals surface area (Å²) >= 11 is 0. The molecule has 2 N–H and O–H groups in total. The van der Waals surface area contributed by atoms with Crippen molar-refractivity contribution in [2.45, 2.75) is 45.4 Å². The first-order chi connectivity index (χ1) is 10.1. The molecular formula is C17H28N2O2. The molecule has 118 valence electrons. The van der Waals surface area contributed by atoms with Gasteiger partial charge in [-0.3, -0.25) is 4.90 Å². The Morgan fingerprint density at radius 3 is 2.90 bits per heavy atom. The fourth-order valence-electron chi connectivity index (χ4n) is 2.79. The number of rotatable bonds is 7. The Kier molecular flexibility index (Phi) is 6.03. The molecule has 4 heteroatoms. The summed E-state index contributed by atoms with van der Waals surface area (Å²) < 4.78 is 11.5. The average molecular weight is 292 g/mol. The van der Waals surface area contributed by atoms with Crippen LogP contribution >= 0.6 is 0 Å². The highest BCUT2D eigenvalue weighted by atomic mass is 16.5. The topological polar surface area (TPSA) is 47.7 Å². The fraction of sp³-hybridized carbons (Fsp3) is 0.647. The second-order valence-electron chi connectivity index (χ2n) is 5.92. The monoisotopic (exact) mass is 292 g/mol. The molecule has 0 radical (unpaired) electrons. The summed E-state index contributed by atoms with van der Waals surface area (Å²) in [5.74, 6) is 0.959. The van der Waals surface area contributed by atoms with Crippen LogP contribution in [0.25, 0.3) is 0 Å². The van der Waals surface area contributed by atoms with E-state index < -0.39 is 0 Å². The number of hydrogen-bond donors (Lipinski definition) is 1. The van der Waals surface area contributed by atoms with Crippen LogP contribution in [-0.4, -0.2) is 37.8 Å². The van der Waals surface area contributed by atoms with Crippen LogP contribution < -0.4 is 10.5 Å². The van der Waals surface area contributed by atoms with Crippen LogP contribution in [0, 0.1) is 0 Å². The van der Waals surface area contributed by atoms with Gasteiger partial charge in [0.2, 0.25) is 0 Å². The summed E-state index contributed by atoms with van der Waals surface area (Å²) in [6.07, 6.45) is 2.73. The lowest BCUT2D eigenvalue weighted by atomic mass is 10.0. The van der Waals surface area contributed by atoms with Gasteiger partial charge in [0.25, 0.3) is 0 Å². The fourth-order valence-corrected chi connectivity index (χ4v) is 2.79. The maximum Gasteiger partial charge on any atom is 0.123 e. The molecule has 0 spiro atoms. The molecule has 2 unspecified atom stereocenters. The van der Waals surface area contributed by atoms with Crippen LogP contribution in [0.5, 0.6) is 5.75 Å². The molecule has 0 aliphatic carbocycles. The van der Waals surface area contributed by atoms with E-state index in [1.807, 2.05) is 19.9 Å². The van der Waals surface area contributed by atoms with E-state index in [0.29, 0.717) is 12.7 Å². The zero-order valence-corrected chi connectivity index (χ0v) is 13.5. The molecule has 2 atom stereocenters. The molecule has 1 aromatic rings. The van der Waals surface area contributed by atoms with E-state index in [9.17, 15) is 0 Å². The largest absolute Gasteiger partial charge is 0.494 e. The van der Waals surface area contributed by atoms with E-state index in [4.69, 9.17) is 15.2 Å².